The molecule has 4 aromatic rings. The maximum Gasteiger partial charge on any atom is 0.319 e. The van der Waals surface area contributed by atoms with Crippen molar-refractivity contribution in [3.63, 3.8) is 0 Å². The third-order valence-electron chi connectivity index (χ3n) is 8.46. The summed E-state index contributed by atoms with van der Waals surface area (Å²) >= 11 is 2.37. The van der Waals surface area contributed by atoms with Gasteiger partial charge in [-0.25, -0.2) is 8.78 Å². The first-order valence-corrected chi connectivity index (χ1v) is 16.1. The molecular weight excluding hydrogens is 669 g/mol. The monoisotopic (exact) mass is 704 g/mol. The zero-order chi connectivity index (χ0) is 30.4. The fourth-order valence-electron chi connectivity index (χ4n) is 5.86. The number of anilines is 1. The van der Waals surface area contributed by atoms with Crippen molar-refractivity contribution in [3.05, 3.63) is 47.7 Å². The van der Waals surface area contributed by atoms with Crippen LogP contribution in [-0.4, -0.2) is 63.7 Å². The summed E-state index contributed by atoms with van der Waals surface area (Å²) in [4.78, 5) is 15.8. The Bertz CT molecular complexity index is 1680. The molecule has 8 nitrogen and oxygen atoms in total. The number of fused-ring (bicyclic) bond motifs is 2. The van der Waals surface area contributed by atoms with E-state index in [1.54, 1.807) is 31.3 Å². The van der Waals surface area contributed by atoms with Crippen LogP contribution in [0.3, 0.4) is 0 Å². The molecule has 1 saturated carbocycles. The Labute approximate surface area is 262 Å². The van der Waals surface area contributed by atoms with Gasteiger partial charge in [0.2, 0.25) is 0 Å². The number of methoxy groups -OCH3 is 1. The number of pyridine rings is 1. The molecule has 0 amide bonds. The predicted molar refractivity (Wildman–Crippen MR) is 170 cm³/mol. The molecule has 2 fully saturated rings. The SMILES string of the molecule is CCc1c(F)ccc2cc(OCOC)cc(-c3ncc4c(N5CCC[C@@](C)(O)C5)nc(OCC5(CI)CC5)nc4c3F)c12. The lowest BCUT2D eigenvalue weighted by Gasteiger charge is -2.37. The topological polar surface area (TPSA) is 89.8 Å². The molecule has 0 unspecified atom stereocenters. The highest BCUT2D eigenvalue weighted by molar-refractivity contribution is 14.1. The van der Waals surface area contributed by atoms with Gasteiger partial charge in [0, 0.05) is 41.8 Å². The summed E-state index contributed by atoms with van der Waals surface area (Å²) in [5.74, 6) is -0.124. The van der Waals surface area contributed by atoms with Gasteiger partial charge in [0.15, 0.2) is 12.6 Å². The molecule has 0 bridgehead atoms. The highest BCUT2D eigenvalue weighted by Crippen LogP contribution is 2.47. The molecule has 1 atom stereocenters. The van der Waals surface area contributed by atoms with Gasteiger partial charge in [-0.3, -0.25) is 4.98 Å². The van der Waals surface area contributed by atoms with Crippen molar-refractivity contribution in [1.29, 1.82) is 0 Å². The summed E-state index contributed by atoms with van der Waals surface area (Å²) in [5.41, 5.74) is 0.114. The molecule has 2 aromatic carbocycles. The van der Waals surface area contributed by atoms with E-state index in [4.69, 9.17) is 19.2 Å². The fraction of sp³-hybridized carbons (Fsp3) is 0.469. The van der Waals surface area contributed by atoms with E-state index in [1.165, 1.54) is 13.2 Å². The van der Waals surface area contributed by atoms with Gasteiger partial charge in [-0.1, -0.05) is 35.6 Å². The summed E-state index contributed by atoms with van der Waals surface area (Å²) in [6.45, 7) is 5.08. The molecular formula is C32H35F2IN4O4. The van der Waals surface area contributed by atoms with Crippen molar-refractivity contribution in [1.82, 2.24) is 15.0 Å². The molecule has 11 heteroatoms. The lowest BCUT2D eigenvalue weighted by atomic mass is 9.94. The first-order valence-electron chi connectivity index (χ1n) is 14.6. The number of alkyl halides is 1. The first kappa shape index (κ1) is 30.1. The van der Waals surface area contributed by atoms with E-state index in [9.17, 15) is 5.11 Å². The summed E-state index contributed by atoms with van der Waals surface area (Å²) in [5, 5.41) is 12.5. The van der Waals surface area contributed by atoms with Crippen LogP contribution in [0.1, 0.15) is 45.1 Å². The number of β-amino-alcohol motifs (C(OH)–C–C–N with tert-alkyl or cyclic N) is 1. The van der Waals surface area contributed by atoms with Crippen LogP contribution in [0.5, 0.6) is 11.8 Å². The van der Waals surface area contributed by atoms with Gasteiger partial charge in [-0.05, 0) is 73.6 Å². The molecule has 6 rings (SSSR count). The zero-order valence-electron chi connectivity index (χ0n) is 24.6. The first-order chi connectivity index (χ1) is 20.7. The van der Waals surface area contributed by atoms with Crippen molar-refractivity contribution in [2.24, 2.45) is 5.41 Å². The highest BCUT2D eigenvalue weighted by atomic mass is 127. The van der Waals surface area contributed by atoms with Crippen LogP contribution < -0.4 is 14.4 Å². The molecule has 0 spiro atoms. The van der Waals surface area contributed by atoms with Crippen LogP contribution in [0.4, 0.5) is 14.6 Å². The van der Waals surface area contributed by atoms with Crippen molar-refractivity contribution < 1.29 is 28.1 Å². The third kappa shape index (κ3) is 5.95. The normalized spacial score (nSPS) is 19.7. The Hall–Kier alpha value is -2.90. The van der Waals surface area contributed by atoms with Gasteiger partial charge < -0.3 is 24.2 Å². The van der Waals surface area contributed by atoms with Crippen LogP contribution >= 0.6 is 22.6 Å². The lowest BCUT2D eigenvalue weighted by Crippen LogP contribution is -2.46. The number of benzene rings is 2. The molecule has 2 aromatic heterocycles. The van der Waals surface area contributed by atoms with Gasteiger partial charge in [-0.15, -0.1) is 0 Å². The lowest BCUT2D eigenvalue weighted by molar-refractivity contribution is 0.0447. The van der Waals surface area contributed by atoms with Crippen LogP contribution in [0.25, 0.3) is 32.9 Å². The number of aryl methyl sites for hydroxylation is 1. The van der Waals surface area contributed by atoms with Crippen LogP contribution in [0.15, 0.2) is 30.5 Å². The predicted octanol–water partition coefficient (Wildman–Crippen LogP) is 6.61. The fourth-order valence-corrected chi connectivity index (χ4v) is 6.84. The van der Waals surface area contributed by atoms with Crippen molar-refractivity contribution in [2.75, 3.05) is 42.9 Å². The Balaban J connectivity index is 1.55. The number of ether oxygens (including phenoxy) is 3. The molecule has 2 aliphatic rings. The number of aromatic nitrogens is 3. The maximum atomic E-state index is 16.8. The average molecular weight is 705 g/mol. The Morgan fingerprint density at radius 2 is 1.93 bits per heavy atom. The van der Waals surface area contributed by atoms with Crippen LogP contribution in [0.2, 0.25) is 0 Å². The van der Waals surface area contributed by atoms with E-state index in [-0.39, 0.29) is 35.2 Å². The van der Waals surface area contributed by atoms with E-state index in [2.05, 4.69) is 32.6 Å². The Morgan fingerprint density at radius 3 is 2.63 bits per heavy atom. The highest BCUT2D eigenvalue weighted by Gasteiger charge is 2.42. The van der Waals surface area contributed by atoms with Crippen LogP contribution in [-0.2, 0) is 11.2 Å². The smallest absolute Gasteiger partial charge is 0.319 e. The molecule has 3 heterocycles. The Morgan fingerprint density at radius 1 is 1.12 bits per heavy atom. The van der Waals surface area contributed by atoms with Crippen molar-refractivity contribution >= 4 is 50.1 Å². The minimum Gasteiger partial charge on any atom is -0.468 e. The van der Waals surface area contributed by atoms with E-state index in [0.717, 1.165) is 23.7 Å². The number of rotatable bonds is 10. The van der Waals surface area contributed by atoms with Crippen molar-refractivity contribution in [2.45, 2.75) is 51.6 Å². The Kier molecular flexibility index (Phi) is 8.33. The number of piperidine rings is 1. The van der Waals surface area contributed by atoms with Gasteiger partial charge >= 0.3 is 6.01 Å². The zero-order valence-corrected chi connectivity index (χ0v) is 26.7. The van der Waals surface area contributed by atoms with E-state index in [1.807, 2.05) is 11.8 Å². The van der Waals surface area contributed by atoms with E-state index in [0.29, 0.717) is 71.4 Å². The van der Waals surface area contributed by atoms with Gasteiger partial charge in [0.05, 0.1) is 17.6 Å². The van der Waals surface area contributed by atoms with Crippen molar-refractivity contribution in [3.8, 4) is 23.0 Å². The number of hydrogen-bond acceptors (Lipinski definition) is 8. The summed E-state index contributed by atoms with van der Waals surface area (Å²) in [7, 11) is 1.51. The van der Waals surface area contributed by atoms with Gasteiger partial charge in [-0.2, -0.15) is 9.97 Å². The quantitative estimate of drug-likeness (QED) is 0.112. The third-order valence-corrected chi connectivity index (χ3v) is 10.1. The second-order valence-electron chi connectivity index (χ2n) is 12.0. The molecule has 1 aliphatic heterocycles. The standard InChI is InChI=1S/C32H35F2IN4O4/c1-4-21-24(33)7-6-19-12-20(43-18-41-3)13-22(25(19)21)27-26(34)28-23(14-36-27)29(39-11-5-8-31(2,40)16-39)38-30(37-28)42-17-32(15-35)9-10-32/h6-7,12-14,40H,4-5,8-11,15-18H2,1-3H3/t31-/m1/s1. The molecule has 0 radical (unpaired) electrons. The minimum atomic E-state index is -0.913. The number of nitrogens with zero attached hydrogens (tertiary/aromatic N) is 4. The minimum absolute atomic E-state index is 0.00395. The molecule has 43 heavy (non-hydrogen) atoms. The summed E-state index contributed by atoms with van der Waals surface area (Å²) in [6.07, 6.45) is 5.52. The van der Waals surface area contributed by atoms with E-state index >= 15 is 8.78 Å². The second kappa shape index (κ2) is 11.9. The maximum absolute atomic E-state index is 16.8. The number of halogens is 3. The summed E-state index contributed by atoms with van der Waals surface area (Å²) < 4.78 is 49.7. The molecule has 228 valence electrons. The second-order valence-corrected chi connectivity index (χ2v) is 12.7. The number of hydrogen-bond donors (Lipinski definition) is 1. The largest absolute Gasteiger partial charge is 0.468 e. The average Bonchev–Trinajstić information content (AvgIpc) is 3.79. The van der Waals surface area contributed by atoms with Gasteiger partial charge in [0.1, 0.15) is 28.6 Å². The van der Waals surface area contributed by atoms with E-state index < -0.39 is 11.4 Å². The number of aliphatic hydroxyl groups is 1. The summed E-state index contributed by atoms with van der Waals surface area (Å²) in [6, 6.07) is 6.60. The van der Waals surface area contributed by atoms with Crippen LogP contribution in [0, 0.1) is 17.0 Å². The molecule has 1 N–H and O–H groups in total. The van der Waals surface area contributed by atoms with Gasteiger partial charge in [0.25, 0.3) is 0 Å². The molecule has 1 saturated heterocycles. The molecule has 1 aliphatic carbocycles.